The fourth-order valence-electron chi connectivity index (χ4n) is 1.28. The van der Waals surface area contributed by atoms with Gasteiger partial charge in [-0.2, -0.15) is 0 Å². The molecule has 0 aromatic carbocycles. The Morgan fingerprint density at radius 1 is 1.64 bits per heavy atom. The molecule has 2 aromatic rings. The Bertz CT molecular complexity index is 567. The maximum Gasteiger partial charge on any atom is 0.255 e. The van der Waals surface area contributed by atoms with E-state index in [4.69, 9.17) is 5.14 Å². The van der Waals surface area contributed by atoms with E-state index in [1.54, 1.807) is 4.40 Å². The number of nitrogens with zero attached hydrogens (tertiary/aromatic N) is 2. The summed E-state index contributed by atoms with van der Waals surface area (Å²) in [6.45, 7) is 1.95. The van der Waals surface area contributed by atoms with Crippen LogP contribution >= 0.6 is 11.3 Å². The van der Waals surface area contributed by atoms with Crippen LogP contribution in [-0.4, -0.2) is 17.8 Å². The second-order valence-electron chi connectivity index (χ2n) is 2.84. The van der Waals surface area contributed by atoms with Gasteiger partial charge in [-0.05, 0) is 6.42 Å². The predicted molar refractivity (Wildman–Crippen MR) is 53.8 cm³/mol. The summed E-state index contributed by atoms with van der Waals surface area (Å²) < 4.78 is 24.0. The molecule has 2 rings (SSSR count). The van der Waals surface area contributed by atoms with E-state index >= 15 is 0 Å². The van der Waals surface area contributed by atoms with E-state index in [-0.39, 0.29) is 5.03 Å². The Kier molecular flexibility index (Phi) is 2.09. The van der Waals surface area contributed by atoms with Gasteiger partial charge in [-0.1, -0.05) is 6.92 Å². The van der Waals surface area contributed by atoms with Crippen molar-refractivity contribution in [2.45, 2.75) is 18.4 Å². The number of sulfonamides is 1. The molecule has 0 spiro atoms. The van der Waals surface area contributed by atoms with Crippen LogP contribution in [0.5, 0.6) is 0 Å². The number of fused-ring (bicyclic) bond motifs is 1. The molecule has 0 bridgehead atoms. The molecule has 0 aliphatic carbocycles. The third kappa shape index (κ3) is 1.33. The number of aromatic nitrogens is 2. The SMILES string of the molecule is CCc1csc2ncc(S(N)(=O)=O)n12. The lowest BCUT2D eigenvalue weighted by molar-refractivity contribution is 0.592. The van der Waals surface area contributed by atoms with Crippen LogP contribution in [0.2, 0.25) is 0 Å². The standard InChI is InChI=1S/C7H9N3O2S2/c1-2-5-4-13-7-9-3-6(10(5)7)14(8,11)12/h3-4H,2H2,1H3,(H2,8,11,12). The van der Waals surface area contributed by atoms with Gasteiger partial charge in [-0.25, -0.2) is 18.5 Å². The van der Waals surface area contributed by atoms with E-state index < -0.39 is 10.0 Å². The first-order chi connectivity index (χ1) is 6.54. The quantitative estimate of drug-likeness (QED) is 0.822. The number of primary sulfonamides is 1. The van der Waals surface area contributed by atoms with Gasteiger partial charge in [0.2, 0.25) is 0 Å². The summed E-state index contributed by atoms with van der Waals surface area (Å²) in [6, 6.07) is 0. The van der Waals surface area contributed by atoms with Crippen LogP contribution in [-0.2, 0) is 16.4 Å². The number of nitrogens with two attached hydrogens (primary N) is 1. The molecule has 2 N–H and O–H groups in total. The highest BCUT2D eigenvalue weighted by atomic mass is 32.2. The van der Waals surface area contributed by atoms with Crippen molar-refractivity contribution in [2.75, 3.05) is 0 Å². The van der Waals surface area contributed by atoms with Gasteiger partial charge in [0.05, 0.1) is 6.20 Å². The third-order valence-electron chi connectivity index (χ3n) is 1.94. The van der Waals surface area contributed by atoms with Gasteiger partial charge in [-0.15, -0.1) is 11.3 Å². The van der Waals surface area contributed by atoms with E-state index in [0.29, 0.717) is 4.96 Å². The van der Waals surface area contributed by atoms with E-state index in [1.165, 1.54) is 17.5 Å². The minimum Gasteiger partial charge on any atom is -0.277 e. The second kappa shape index (κ2) is 3.04. The molecule has 2 aromatic heterocycles. The minimum atomic E-state index is -3.68. The van der Waals surface area contributed by atoms with Crippen LogP contribution in [0.3, 0.4) is 0 Å². The van der Waals surface area contributed by atoms with Gasteiger partial charge in [-0.3, -0.25) is 4.40 Å². The van der Waals surface area contributed by atoms with Gasteiger partial charge >= 0.3 is 0 Å². The summed E-state index contributed by atoms with van der Waals surface area (Å²) in [6.07, 6.45) is 2.04. The summed E-state index contributed by atoms with van der Waals surface area (Å²) in [5, 5.41) is 7.01. The fraction of sp³-hybridized carbons (Fsp3) is 0.286. The first-order valence-electron chi connectivity index (χ1n) is 4.00. The monoisotopic (exact) mass is 231 g/mol. The molecule has 2 heterocycles. The van der Waals surface area contributed by atoms with Crippen molar-refractivity contribution in [3.63, 3.8) is 0 Å². The molecule has 0 radical (unpaired) electrons. The van der Waals surface area contributed by atoms with Crippen LogP contribution in [0, 0.1) is 0 Å². The molecule has 7 heteroatoms. The van der Waals surface area contributed by atoms with Gasteiger partial charge in [0, 0.05) is 11.1 Å². The highest BCUT2D eigenvalue weighted by Gasteiger charge is 2.17. The fourth-order valence-corrected chi connectivity index (χ4v) is 2.95. The molecule has 0 aliphatic heterocycles. The van der Waals surface area contributed by atoms with Crippen molar-refractivity contribution < 1.29 is 8.42 Å². The van der Waals surface area contributed by atoms with Crippen LogP contribution in [0.15, 0.2) is 16.6 Å². The summed E-state index contributed by atoms with van der Waals surface area (Å²) in [4.78, 5) is 4.63. The summed E-state index contributed by atoms with van der Waals surface area (Å²) in [5.74, 6) is 0. The number of rotatable bonds is 2. The molecular weight excluding hydrogens is 222 g/mol. The number of hydrogen-bond acceptors (Lipinski definition) is 4. The number of aryl methyl sites for hydroxylation is 1. The smallest absolute Gasteiger partial charge is 0.255 e. The first-order valence-corrected chi connectivity index (χ1v) is 6.43. The molecule has 0 aliphatic rings. The Morgan fingerprint density at radius 2 is 2.36 bits per heavy atom. The van der Waals surface area contributed by atoms with Gasteiger partial charge in [0.15, 0.2) is 9.99 Å². The highest BCUT2D eigenvalue weighted by Crippen LogP contribution is 2.20. The van der Waals surface area contributed by atoms with Crippen molar-refractivity contribution in [1.82, 2.24) is 9.38 Å². The predicted octanol–water partition coefficient (Wildman–Crippen LogP) is 0.606. The number of imidazole rings is 1. The average Bonchev–Trinajstić information content (AvgIpc) is 2.59. The molecule has 76 valence electrons. The van der Waals surface area contributed by atoms with Crippen LogP contribution in [0.4, 0.5) is 0 Å². The molecule has 0 fully saturated rings. The maximum atomic E-state index is 11.2. The zero-order valence-corrected chi connectivity index (χ0v) is 9.10. The summed E-state index contributed by atoms with van der Waals surface area (Å²) in [5.41, 5.74) is 0.909. The Hall–Kier alpha value is -0.920. The van der Waals surface area contributed by atoms with E-state index in [2.05, 4.69) is 4.98 Å². The van der Waals surface area contributed by atoms with Crippen molar-refractivity contribution in [3.05, 3.63) is 17.3 Å². The number of thiazole rings is 1. The van der Waals surface area contributed by atoms with E-state index in [0.717, 1.165) is 12.1 Å². The van der Waals surface area contributed by atoms with E-state index in [9.17, 15) is 8.42 Å². The molecule has 0 saturated carbocycles. The highest BCUT2D eigenvalue weighted by molar-refractivity contribution is 7.89. The zero-order valence-electron chi connectivity index (χ0n) is 7.47. The van der Waals surface area contributed by atoms with Crippen LogP contribution in [0.25, 0.3) is 4.96 Å². The first kappa shape index (κ1) is 9.63. The summed E-state index contributed by atoms with van der Waals surface area (Å²) >= 11 is 1.41. The van der Waals surface area contributed by atoms with Gasteiger partial charge in [0.1, 0.15) is 0 Å². The Balaban J connectivity index is 2.84. The molecule has 0 atom stereocenters. The lowest BCUT2D eigenvalue weighted by Crippen LogP contribution is -2.15. The summed E-state index contributed by atoms with van der Waals surface area (Å²) in [7, 11) is -3.68. The zero-order chi connectivity index (χ0) is 10.3. The Labute approximate surface area is 85.2 Å². The van der Waals surface area contributed by atoms with Gasteiger partial charge < -0.3 is 0 Å². The van der Waals surface area contributed by atoms with Crippen molar-refractivity contribution in [1.29, 1.82) is 0 Å². The molecule has 0 saturated heterocycles. The molecule has 5 nitrogen and oxygen atoms in total. The third-order valence-corrected chi connectivity index (χ3v) is 3.70. The lowest BCUT2D eigenvalue weighted by atomic mass is 10.4. The van der Waals surface area contributed by atoms with Gasteiger partial charge in [0.25, 0.3) is 10.0 Å². The maximum absolute atomic E-state index is 11.2. The van der Waals surface area contributed by atoms with Crippen molar-refractivity contribution in [2.24, 2.45) is 5.14 Å². The largest absolute Gasteiger partial charge is 0.277 e. The van der Waals surface area contributed by atoms with Crippen molar-refractivity contribution >= 4 is 26.3 Å². The topological polar surface area (TPSA) is 77.5 Å². The molecule has 14 heavy (non-hydrogen) atoms. The second-order valence-corrected chi connectivity index (χ2v) is 5.18. The van der Waals surface area contributed by atoms with E-state index in [1.807, 2.05) is 12.3 Å². The molecule has 0 unspecified atom stereocenters. The van der Waals surface area contributed by atoms with Crippen molar-refractivity contribution in [3.8, 4) is 0 Å². The lowest BCUT2D eigenvalue weighted by Gasteiger charge is -1.98. The average molecular weight is 231 g/mol. The number of hydrogen-bond donors (Lipinski definition) is 1. The Morgan fingerprint density at radius 3 is 2.93 bits per heavy atom. The molecule has 0 amide bonds. The van der Waals surface area contributed by atoms with Crippen LogP contribution in [0.1, 0.15) is 12.6 Å². The normalized spacial score (nSPS) is 12.4. The minimum absolute atomic E-state index is 0.0607. The molecular formula is C7H9N3O2S2. The van der Waals surface area contributed by atoms with Crippen LogP contribution < -0.4 is 5.14 Å².